The van der Waals surface area contributed by atoms with E-state index < -0.39 is 16.8 Å². The Morgan fingerprint density at radius 3 is 1.81 bits per heavy atom. The standard InChI is InChI=1S/C21H41NO2Si2/c1-7-23-25(6,24-8-2)20-16-15-19-22(21-17-13-12-14-18-21)26(9-3,10-4)11-5/h12-14,17-18H,7-11,15-16,19-20H2,1-6H3. The van der Waals surface area contributed by atoms with Crippen LogP contribution < -0.4 is 4.57 Å². The van der Waals surface area contributed by atoms with Crippen molar-refractivity contribution in [3.05, 3.63) is 30.3 Å². The molecule has 1 aromatic carbocycles. The molecule has 5 heteroatoms. The molecule has 0 aromatic heterocycles. The van der Waals surface area contributed by atoms with Gasteiger partial charge in [0, 0.05) is 25.4 Å². The van der Waals surface area contributed by atoms with Gasteiger partial charge < -0.3 is 13.4 Å². The van der Waals surface area contributed by atoms with Crippen LogP contribution in [0.2, 0.25) is 30.7 Å². The molecular weight excluding hydrogens is 354 g/mol. The molecule has 26 heavy (non-hydrogen) atoms. The van der Waals surface area contributed by atoms with Gasteiger partial charge in [0.05, 0.1) is 0 Å². The maximum absolute atomic E-state index is 6.00. The van der Waals surface area contributed by atoms with E-state index in [2.05, 4.69) is 76.1 Å². The number of hydrogen-bond acceptors (Lipinski definition) is 3. The van der Waals surface area contributed by atoms with Gasteiger partial charge in [-0.25, -0.2) is 0 Å². The first-order valence-corrected chi connectivity index (χ1v) is 15.7. The third-order valence-corrected chi connectivity index (χ3v) is 14.4. The molecule has 0 fully saturated rings. The van der Waals surface area contributed by atoms with Crippen LogP contribution in [-0.2, 0) is 8.85 Å². The second-order valence-corrected chi connectivity index (χ2v) is 15.7. The molecule has 3 nitrogen and oxygen atoms in total. The smallest absolute Gasteiger partial charge is 0.334 e. The number of anilines is 1. The van der Waals surface area contributed by atoms with Crippen LogP contribution in [0.15, 0.2) is 30.3 Å². The first kappa shape index (κ1) is 23.4. The van der Waals surface area contributed by atoms with Crippen LogP contribution in [0.25, 0.3) is 0 Å². The molecule has 0 aliphatic heterocycles. The predicted octanol–water partition coefficient (Wildman–Crippen LogP) is 6.42. The van der Waals surface area contributed by atoms with Gasteiger partial charge in [0.1, 0.15) is 0 Å². The molecule has 0 heterocycles. The van der Waals surface area contributed by atoms with Crippen LogP contribution in [-0.4, -0.2) is 36.6 Å². The highest BCUT2D eigenvalue weighted by Crippen LogP contribution is 2.31. The fourth-order valence-corrected chi connectivity index (χ4v) is 10.5. The summed E-state index contributed by atoms with van der Waals surface area (Å²) in [6, 6.07) is 16.1. The van der Waals surface area contributed by atoms with Crippen LogP contribution in [0.1, 0.15) is 47.5 Å². The van der Waals surface area contributed by atoms with E-state index in [1.807, 2.05) is 0 Å². The van der Waals surface area contributed by atoms with Gasteiger partial charge in [-0.2, -0.15) is 0 Å². The van der Waals surface area contributed by atoms with Gasteiger partial charge in [-0.1, -0.05) is 39.0 Å². The summed E-state index contributed by atoms with van der Waals surface area (Å²) in [5.74, 6) is 0. The Morgan fingerprint density at radius 1 is 0.808 bits per heavy atom. The van der Waals surface area contributed by atoms with E-state index in [9.17, 15) is 0 Å². The average molecular weight is 396 g/mol. The summed E-state index contributed by atoms with van der Waals surface area (Å²) in [5.41, 5.74) is 1.42. The van der Waals surface area contributed by atoms with Gasteiger partial charge in [0.25, 0.3) is 0 Å². The van der Waals surface area contributed by atoms with E-state index in [0.29, 0.717) is 0 Å². The lowest BCUT2D eigenvalue weighted by Crippen LogP contribution is -2.53. The summed E-state index contributed by atoms with van der Waals surface area (Å²) in [5, 5.41) is 0. The van der Waals surface area contributed by atoms with Crippen LogP contribution in [0.5, 0.6) is 0 Å². The molecule has 0 spiro atoms. The van der Waals surface area contributed by atoms with Gasteiger partial charge in [-0.05, 0) is 69.5 Å². The summed E-state index contributed by atoms with van der Waals surface area (Å²) >= 11 is 0. The van der Waals surface area contributed by atoms with Crippen molar-refractivity contribution in [2.24, 2.45) is 0 Å². The molecule has 0 unspecified atom stereocenters. The molecule has 0 aliphatic carbocycles. The molecule has 1 aromatic rings. The molecular formula is C21H41NO2Si2. The Morgan fingerprint density at radius 2 is 1.35 bits per heavy atom. The van der Waals surface area contributed by atoms with Gasteiger partial charge in [-0.3, -0.25) is 0 Å². The highest BCUT2D eigenvalue weighted by Gasteiger charge is 2.35. The normalized spacial score (nSPS) is 12.4. The summed E-state index contributed by atoms with van der Waals surface area (Å²) in [6.07, 6.45) is 2.40. The zero-order chi connectivity index (χ0) is 19.5. The molecule has 0 radical (unpaired) electrons. The van der Waals surface area contributed by atoms with Crippen molar-refractivity contribution >= 4 is 22.5 Å². The Kier molecular flexibility index (Phi) is 10.8. The van der Waals surface area contributed by atoms with Crippen LogP contribution in [0.3, 0.4) is 0 Å². The number of para-hydroxylation sites is 1. The summed E-state index contributed by atoms with van der Waals surface area (Å²) in [7, 11) is -3.41. The van der Waals surface area contributed by atoms with E-state index in [-0.39, 0.29) is 0 Å². The van der Waals surface area contributed by atoms with Crippen molar-refractivity contribution in [2.45, 2.75) is 78.2 Å². The topological polar surface area (TPSA) is 21.7 Å². The Bertz CT molecular complexity index is 466. The molecule has 0 bridgehead atoms. The lowest BCUT2D eigenvalue weighted by Gasteiger charge is -2.43. The SMILES string of the molecule is CCO[Si](C)(CCCCN(c1ccccc1)[Si](CC)(CC)CC)OCC. The van der Waals surface area contributed by atoms with E-state index >= 15 is 0 Å². The number of rotatable bonds is 14. The minimum Gasteiger partial charge on any atom is -0.397 e. The van der Waals surface area contributed by atoms with Gasteiger partial charge in [-0.15, -0.1) is 0 Å². The van der Waals surface area contributed by atoms with Crippen molar-refractivity contribution < 1.29 is 8.85 Å². The summed E-state index contributed by atoms with van der Waals surface area (Å²) in [6.45, 7) is 16.2. The molecule has 0 atom stereocenters. The van der Waals surface area contributed by atoms with Crippen LogP contribution >= 0.6 is 0 Å². The average Bonchev–Trinajstić information content (AvgIpc) is 2.66. The van der Waals surface area contributed by atoms with Gasteiger partial charge in [0.2, 0.25) is 0 Å². The third-order valence-electron chi connectivity index (χ3n) is 5.78. The molecule has 0 N–H and O–H groups in total. The highest BCUT2D eigenvalue weighted by molar-refractivity contribution is 6.83. The van der Waals surface area contributed by atoms with Gasteiger partial charge in [0.15, 0.2) is 8.24 Å². The molecule has 0 saturated heterocycles. The van der Waals surface area contributed by atoms with Crippen molar-refractivity contribution in [2.75, 3.05) is 24.3 Å². The second-order valence-electron chi connectivity index (χ2n) is 7.23. The second kappa shape index (κ2) is 12.0. The Labute approximate surface area is 164 Å². The monoisotopic (exact) mass is 395 g/mol. The zero-order valence-corrected chi connectivity index (χ0v) is 20.0. The fraction of sp³-hybridized carbons (Fsp3) is 0.714. The largest absolute Gasteiger partial charge is 0.397 e. The van der Waals surface area contributed by atoms with E-state index in [1.165, 1.54) is 36.7 Å². The Hall–Kier alpha value is -0.626. The van der Waals surface area contributed by atoms with Gasteiger partial charge >= 0.3 is 8.56 Å². The third kappa shape index (κ3) is 6.52. The maximum atomic E-state index is 6.00. The van der Waals surface area contributed by atoms with Crippen molar-refractivity contribution in [1.82, 2.24) is 0 Å². The fourth-order valence-electron chi connectivity index (χ4n) is 4.08. The van der Waals surface area contributed by atoms with Crippen molar-refractivity contribution in [3.8, 4) is 0 Å². The molecule has 0 saturated carbocycles. The molecule has 0 amide bonds. The lowest BCUT2D eigenvalue weighted by molar-refractivity contribution is 0.188. The van der Waals surface area contributed by atoms with E-state index in [1.54, 1.807) is 0 Å². The Balaban J connectivity index is 2.79. The van der Waals surface area contributed by atoms with E-state index in [4.69, 9.17) is 8.85 Å². The predicted molar refractivity (Wildman–Crippen MR) is 120 cm³/mol. The van der Waals surface area contributed by atoms with Crippen molar-refractivity contribution in [1.29, 1.82) is 0 Å². The van der Waals surface area contributed by atoms with Crippen LogP contribution in [0.4, 0.5) is 5.69 Å². The maximum Gasteiger partial charge on any atom is 0.334 e. The lowest BCUT2D eigenvalue weighted by atomic mass is 10.3. The van der Waals surface area contributed by atoms with Crippen molar-refractivity contribution in [3.63, 3.8) is 0 Å². The summed E-state index contributed by atoms with van der Waals surface area (Å²) in [4.78, 5) is 0. The van der Waals surface area contributed by atoms with Crippen LogP contribution in [0, 0.1) is 0 Å². The molecule has 1 rings (SSSR count). The molecule has 150 valence electrons. The number of unbranched alkanes of at least 4 members (excludes halogenated alkanes) is 1. The van der Waals surface area contributed by atoms with E-state index in [0.717, 1.165) is 25.8 Å². The highest BCUT2D eigenvalue weighted by atomic mass is 28.4. The number of hydrogen-bond donors (Lipinski definition) is 0. The number of nitrogens with zero attached hydrogens (tertiary/aromatic N) is 1. The minimum atomic E-state index is -1.98. The number of benzene rings is 1. The molecule has 0 aliphatic rings. The quantitative estimate of drug-likeness (QED) is 0.268. The first-order valence-electron chi connectivity index (χ1n) is 10.6. The summed E-state index contributed by atoms with van der Waals surface area (Å²) < 4.78 is 14.8. The first-order chi connectivity index (χ1) is 12.5. The minimum absolute atomic E-state index is 0.760. The zero-order valence-electron chi connectivity index (χ0n) is 18.0.